The van der Waals surface area contributed by atoms with E-state index in [-0.39, 0.29) is 24.0 Å². The number of amides is 3. The summed E-state index contributed by atoms with van der Waals surface area (Å²) in [6, 6.07) is 3.39. The molecule has 1 rings (SSSR count). The van der Waals surface area contributed by atoms with E-state index in [0.29, 0.717) is 6.42 Å². The van der Waals surface area contributed by atoms with Crippen LogP contribution in [-0.4, -0.2) is 58.6 Å². The third-order valence-corrected chi connectivity index (χ3v) is 5.19. The van der Waals surface area contributed by atoms with Crippen LogP contribution in [0, 0.1) is 11.8 Å². The summed E-state index contributed by atoms with van der Waals surface area (Å²) in [5, 5.41) is 26.0. The number of rotatable bonds is 12. The second kappa shape index (κ2) is 12.7. The monoisotopic (exact) mass is 450 g/mol. The van der Waals surface area contributed by atoms with Crippen LogP contribution in [0.15, 0.2) is 24.3 Å². The molecular weight excluding hydrogens is 416 g/mol. The SMILES string of the molecule is CCC(C)C(NC(=O)CNC(=O)C(NC(=O)C(N)Cc1ccc(O)cc1)C(C)C)C(=O)O. The molecule has 0 radical (unpaired) electrons. The Balaban J connectivity index is 2.65. The van der Waals surface area contributed by atoms with Gasteiger partial charge in [0, 0.05) is 0 Å². The molecule has 3 amide bonds. The molecule has 0 aliphatic heterocycles. The van der Waals surface area contributed by atoms with Crippen molar-refractivity contribution in [2.24, 2.45) is 17.6 Å². The smallest absolute Gasteiger partial charge is 0.326 e. The first kappa shape index (κ1) is 26.9. The summed E-state index contributed by atoms with van der Waals surface area (Å²) < 4.78 is 0. The molecule has 10 nitrogen and oxygen atoms in total. The van der Waals surface area contributed by atoms with Gasteiger partial charge < -0.3 is 31.9 Å². The minimum absolute atomic E-state index is 0.103. The van der Waals surface area contributed by atoms with Gasteiger partial charge in [0.25, 0.3) is 0 Å². The first-order chi connectivity index (χ1) is 15.0. The van der Waals surface area contributed by atoms with Crippen LogP contribution in [0.2, 0.25) is 0 Å². The van der Waals surface area contributed by atoms with Gasteiger partial charge in [-0.25, -0.2) is 4.79 Å². The molecule has 0 heterocycles. The van der Waals surface area contributed by atoms with E-state index >= 15 is 0 Å². The average molecular weight is 451 g/mol. The van der Waals surface area contributed by atoms with Gasteiger partial charge in [0.2, 0.25) is 17.7 Å². The van der Waals surface area contributed by atoms with Crippen LogP contribution in [0.4, 0.5) is 0 Å². The highest BCUT2D eigenvalue weighted by molar-refractivity contribution is 5.92. The second-order valence-electron chi connectivity index (χ2n) is 8.19. The summed E-state index contributed by atoms with van der Waals surface area (Å²) in [7, 11) is 0. The molecule has 4 atom stereocenters. The summed E-state index contributed by atoms with van der Waals surface area (Å²) in [6.07, 6.45) is 0.780. The van der Waals surface area contributed by atoms with E-state index in [2.05, 4.69) is 16.0 Å². The van der Waals surface area contributed by atoms with Gasteiger partial charge in [-0.1, -0.05) is 46.2 Å². The summed E-state index contributed by atoms with van der Waals surface area (Å²) in [6.45, 7) is 6.58. The number of carbonyl (C=O) groups excluding carboxylic acids is 3. The number of carboxylic acids is 1. The quantitative estimate of drug-likeness (QED) is 0.263. The number of nitrogens with two attached hydrogens (primary N) is 1. The Morgan fingerprint density at radius 3 is 2.06 bits per heavy atom. The van der Waals surface area contributed by atoms with Crippen LogP contribution in [0.1, 0.15) is 39.7 Å². The number of carbonyl (C=O) groups is 4. The van der Waals surface area contributed by atoms with Gasteiger partial charge in [-0.05, 0) is 36.0 Å². The van der Waals surface area contributed by atoms with E-state index in [1.54, 1.807) is 32.9 Å². The fourth-order valence-corrected chi connectivity index (χ4v) is 2.96. The van der Waals surface area contributed by atoms with Gasteiger partial charge >= 0.3 is 5.97 Å². The molecule has 0 saturated heterocycles. The van der Waals surface area contributed by atoms with Crippen LogP contribution in [0.3, 0.4) is 0 Å². The van der Waals surface area contributed by atoms with Crippen molar-refractivity contribution in [3.8, 4) is 5.75 Å². The Morgan fingerprint density at radius 2 is 1.56 bits per heavy atom. The number of carboxylic acid groups (broad SMARTS) is 1. The van der Waals surface area contributed by atoms with E-state index < -0.39 is 48.4 Å². The first-order valence-electron chi connectivity index (χ1n) is 10.6. The molecule has 0 fully saturated rings. The molecule has 0 aliphatic carbocycles. The minimum atomic E-state index is -1.14. The summed E-state index contributed by atoms with van der Waals surface area (Å²) >= 11 is 0. The van der Waals surface area contributed by atoms with Crippen LogP contribution in [0.25, 0.3) is 0 Å². The standard InChI is InChI=1S/C22H34N4O6/c1-5-13(4)19(22(31)32)25-17(28)11-24-21(30)18(12(2)3)26-20(29)16(23)10-14-6-8-15(27)9-7-14/h6-9,12-13,16,18-19,27H,5,10-11,23H2,1-4H3,(H,24,30)(H,25,28)(H,26,29)(H,31,32). The highest BCUT2D eigenvalue weighted by Crippen LogP contribution is 2.11. The van der Waals surface area contributed by atoms with E-state index in [1.807, 2.05) is 6.92 Å². The topological polar surface area (TPSA) is 171 Å². The van der Waals surface area contributed by atoms with Crippen LogP contribution >= 0.6 is 0 Å². The molecule has 10 heteroatoms. The predicted molar refractivity (Wildman–Crippen MR) is 119 cm³/mol. The number of phenolic OH excluding ortho intramolecular Hbond substituents is 1. The maximum absolute atomic E-state index is 12.6. The number of aromatic hydroxyl groups is 1. The van der Waals surface area contributed by atoms with Crippen molar-refractivity contribution >= 4 is 23.7 Å². The number of hydrogen-bond acceptors (Lipinski definition) is 6. The molecule has 1 aromatic rings. The maximum Gasteiger partial charge on any atom is 0.326 e. The zero-order valence-electron chi connectivity index (χ0n) is 18.9. The summed E-state index contributed by atoms with van der Waals surface area (Å²) in [4.78, 5) is 48.5. The second-order valence-corrected chi connectivity index (χ2v) is 8.19. The molecule has 0 saturated carbocycles. The molecule has 178 valence electrons. The van der Waals surface area contributed by atoms with Gasteiger partial charge in [-0.3, -0.25) is 14.4 Å². The lowest BCUT2D eigenvalue weighted by atomic mass is 9.99. The Labute approximate surface area is 187 Å². The molecule has 0 spiro atoms. The van der Waals surface area contributed by atoms with Crippen molar-refractivity contribution in [2.45, 2.75) is 58.7 Å². The number of phenols is 1. The number of benzene rings is 1. The number of hydrogen-bond donors (Lipinski definition) is 6. The third-order valence-electron chi connectivity index (χ3n) is 5.19. The first-order valence-corrected chi connectivity index (χ1v) is 10.6. The predicted octanol–water partition coefficient (Wildman–Crippen LogP) is 0.135. The molecule has 32 heavy (non-hydrogen) atoms. The summed E-state index contributed by atoms with van der Waals surface area (Å²) in [5.41, 5.74) is 6.71. The molecule has 7 N–H and O–H groups in total. The molecule has 0 bridgehead atoms. The van der Waals surface area contributed by atoms with Crippen LogP contribution in [-0.2, 0) is 25.6 Å². The largest absolute Gasteiger partial charge is 0.508 e. The molecule has 4 unspecified atom stereocenters. The lowest BCUT2D eigenvalue weighted by Crippen LogP contribution is -2.55. The van der Waals surface area contributed by atoms with E-state index in [1.165, 1.54) is 12.1 Å². The van der Waals surface area contributed by atoms with Gasteiger partial charge in [0.1, 0.15) is 17.8 Å². The fraction of sp³-hybridized carbons (Fsp3) is 0.545. The van der Waals surface area contributed by atoms with Crippen molar-refractivity contribution in [1.82, 2.24) is 16.0 Å². The van der Waals surface area contributed by atoms with Crippen molar-refractivity contribution in [3.05, 3.63) is 29.8 Å². The van der Waals surface area contributed by atoms with Gasteiger partial charge in [0.05, 0.1) is 12.6 Å². The van der Waals surface area contributed by atoms with E-state index in [9.17, 15) is 29.4 Å². The number of nitrogens with one attached hydrogen (secondary N) is 3. The maximum atomic E-state index is 12.6. The lowest BCUT2D eigenvalue weighted by molar-refractivity contribution is -0.143. The van der Waals surface area contributed by atoms with Gasteiger partial charge in [-0.2, -0.15) is 0 Å². The summed E-state index contributed by atoms with van der Waals surface area (Å²) in [5.74, 6) is -3.33. The van der Waals surface area contributed by atoms with Gasteiger partial charge in [0.15, 0.2) is 0 Å². The van der Waals surface area contributed by atoms with Crippen LogP contribution in [0.5, 0.6) is 5.75 Å². The van der Waals surface area contributed by atoms with E-state index in [0.717, 1.165) is 5.56 Å². The Bertz CT molecular complexity index is 796. The zero-order chi connectivity index (χ0) is 24.4. The highest BCUT2D eigenvalue weighted by Gasteiger charge is 2.28. The zero-order valence-corrected chi connectivity index (χ0v) is 18.9. The molecule has 0 aromatic heterocycles. The molecule has 1 aromatic carbocycles. The Hall–Kier alpha value is -3.14. The molecular formula is C22H34N4O6. The minimum Gasteiger partial charge on any atom is -0.508 e. The highest BCUT2D eigenvalue weighted by atomic mass is 16.4. The normalized spacial score (nSPS) is 14.7. The fourth-order valence-electron chi connectivity index (χ4n) is 2.96. The van der Waals surface area contributed by atoms with Gasteiger partial charge in [-0.15, -0.1) is 0 Å². The average Bonchev–Trinajstić information content (AvgIpc) is 2.74. The van der Waals surface area contributed by atoms with Crippen molar-refractivity contribution in [2.75, 3.05) is 6.54 Å². The van der Waals surface area contributed by atoms with Crippen molar-refractivity contribution < 1.29 is 29.4 Å². The third kappa shape index (κ3) is 8.54. The molecule has 0 aliphatic rings. The van der Waals surface area contributed by atoms with Crippen LogP contribution < -0.4 is 21.7 Å². The lowest BCUT2D eigenvalue weighted by Gasteiger charge is -2.24. The Morgan fingerprint density at radius 1 is 0.969 bits per heavy atom. The van der Waals surface area contributed by atoms with E-state index in [4.69, 9.17) is 5.73 Å². The number of aliphatic carboxylic acids is 1. The van der Waals surface area contributed by atoms with Crippen molar-refractivity contribution in [3.63, 3.8) is 0 Å². The Kier molecular flexibility index (Phi) is 10.6. The van der Waals surface area contributed by atoms with Crippen molar-refractivity contribution in [1.29, 1.82) is 0 Å².